The first-order valence-electron chi connectivity index (χ1n) is 6.27. The minimum atomic E-state index is -0.330. The van der Waals surface area contributed by atoms with Crippen molar-refractivity contribution in [3.05, 3.63) is 59.7 Å². The van der Waals surface area contributed by atoms with Crippen LogP contribution in [0.1, 0.15) is 24.2 Å². The molecule has 19 heavy (non-hydrogen) atoms. The van der Waals surface area contributed by atoms with Crippen molar-refractivity contribution in [2.75, 3.05) is 13.7 Å². The molecular weight excluding hydrogens is 243 g/mol. The van der Waals surface area contributed by atoms with Crippen LogP contribution in [-0.4, -0.2) is 18.6 Å². The Bertz CT molecular complexity index is 545. The SMILES string of the molecule is CCOc1ccccc1C(NC)c1ncccc1F. The summed E-state index contributed by atoms with van der Waals surface area (Å²) < 4.78 is 19.5. The molecule has 1 atom stereocenters. The summed E-state index contributed by atoms with van der Waals surface area (Å²) in [5, 5.41) is 3.09. The van der Waals surface area contributed by atoms with Crippen molar-refractivity contribution >= 4 is 0 Å². The van der Waals surface area contributed by atoms with Crippen molar-refractivity contribution in [1.29, 1.82) is 0 Å². The molecule has 0 aliphatic rings. The maximum Gasteiger partial charge on any atom is 0.146 e. The molecule has 3 nitrogen and oxygen atoms in total. The molecule has 2 rings (SSSR count). The molecule has 2 aromatic rings. The van der Waals surface area contributed by atoms with Crippen LogP contribution in [0.5, 0.6) is 5.75 Å². The van der Waals surface area contributed by atoms with Gasteiger partial charge in [-0.2, -0.15) is 0 Å². The van der Waals surface area contributed by atoms with Crippen LogP contribution in [0.25, 0.3) is 0 Å². The van der Waals surface area contributed by atoms with Gasteiger partial charge in [-0.25, -0.2) is 4.39 Å². The first-order valence-corrected chi connectivity index (χ1v) is 6.27. The fraction of sp³-hybridized carbons (Fsp3) is 0.267. The van der Waals surface area contributed by atoms with E-state index < -0.39 is 0 Å². The van der Waals surface area contributed by atoms with Crippen LogP contribution in [-0.2, 0) is 0 Å². The average Bonchev–Trinajstić information content (AvgIpc) is 2.44. The van der Waals surface area contributed by atoms with Gasteiger partial charge in [0.2, 0.25) is 0 Å². The molecule has 1 N–H and O–H groups in total. The van der Waals surface area contributed by atoms with Crippen molar-refractivity contribution in [1.82, 2.24) is 10.3 Å². The van der Waals surface area contributed by atoms with E-state index in [4.69, 9.17) is 4.74 Å². The second-order valence-electron chi connectivity index (χ2n) is 4.06. The topological polar surface area (TPSA) is 34.1 Å². The number of ether oxygens (including phenoxy) is 1. The number of halogens is 1. The Balaban J connectivity index is 2.45. The summed E-state index contributed by atoms with van der Waals surface area (Å²) in [5.74, 6) is 0.419. The fourth-order valence-electron chi connectivity index (χ4n) is 2.06. The second kappa shape index (κ2) is 6.29. The summed E-state index contributed by atoms with van der Waals surface area (Å²) >= 11 is 0. The smallest absolute Gasteiger partial charge is 0.146 e. The number of hydrogen-bond acceptors (Lipinski definition) is 3. The summed E-state index contributed by atoms with van der Waals surface area (Å²) in [6.07, 6.45) is 1.59. The van der Waals surface area contributed by atoms with Gasteiger partial charge in [0.25, 0.3) is 0 Å². The zero-order valence-electron chi connectivity index (χ0n) is 11.1. The van der Waals surface area contributed by atoms with Gasteiger partial charge in [-0.15, -0.1) is 0 Å². The van der Waals surface area contributed by atoms with E-state index in [0.717, 1.165) is 11.3 Å². The monoisotopic (exact) mass is 260 g/mol. The first-order chi connectivity index (χ1) is 9.27. The van der Waals surface area contributed by atoms with E-state index in [9.17, 15) is 4.39 Å². The highest BCUT2D eigenvalue weighted by Crippen LogP contribution is 2.29. The maximum absolute atomic E-state index is 13.9. The predicted molar refractivity (Wildman–Crippen MR) is 72.7 cm³/mol. The Morgan fingerprint density at radius 2 is 2.05 bits per heavy atom. The molecule has 0 aliphatic heterocycles. The molecule has 0 saturated heterocycles. The van der Waals surface area contributed by atoms with Crippen molar-refractivity contribution in [3.63, 3.8) is 0 Å². The van der Waals surface area contributed by atoms with E-state index in [1.165, 1.54) is 6.07 Å². The van der Waals surface area contributed by atoms with E-state index in [1.54, 1.807) is 19.3 Å². The number of nitrogens with one attached hydrogen (secondary N) is 1. The highest BCUT2D eigenvalue weighted by atomic mass is 19.1. The minimum Gasteiger partial charge on any atom is -0.494 e. The molecule has 1 heterocycles. The average molecular weight is 260 g/mol. The second-order valence-corrected chi connectivity index (χ2v) is 4.06. The predicted octanol–water partition coefficient (Wildman–Crippen LogP) is 2.93. The van der Waals surface area contributed by atoms with E-state index in [2.05, 4.69) is 10.3 Å². The molecule has 0 saturated carbocycles. The maximum atomic E-state index is 13.9. The van der Waals surface area contributed by atoms with Crippen LogP contribution in [0.3, 0.4) is 0 Å². The van der Waals surface area contributed by atoms with Crippen molar-refractivity contribution < 1.29 is 9.13 Å². The first kappa shape index (κ1) is 13.5. The van der Waals surface area contributed by atoms with Gasteiger partial charge in [0.1, 0.15) is 11.6 Å². The number of rotatable bonds is 5. The van der Waals surface area contributed by atoms with Crippen molar-refractivity contribution in [3.8, 4) is 5.75 Å². The summed E-state index contributed by atoms with van der Waals surface area (Å²) in [7, 11) is 1.78. The zero-order valence-corrected chi connectivity index (χ0v) is 11.1. The van der Waals surface area contributed by atoms with Gasteiger partial charge in [-0.1, -0.05) is 18.2 Å². The lowest BCUT2D eigenvalue weighted by Gasteiger charge is -2.19. The van der Waals surface area contributed by atoms with Crippen LogP contribution < -0.4 is 10.1 Å². The normalized spacial score (nSPS) is 12.2. The molecule has 1 unspecified atom stereocenters. The molecule has 0 amide bonds. The molecule has 0 spiro atoms. The largest absolute Gasteiger partial charge is 0.494 e. The third-order valence-electron chi connectivity index (χ3n) is 2.88. The lowest BCUT2D eigenvalue weighted by atomic mass is 10.0. The number of aromatic nitrogens is 1. The molecule has 0 fully saturated rings. The number of para-hydroxylation sites is 1. The number of nitrogens with zero attached hydrogens (tertiary/aromatic N) is 1. The Morgan fingerprint density at radius 3 is 2.74 bits per heavy atom. The molecule has 0 aliphatic carbocycles. The van der Waals surface area contributed by atoms with Gasteiger partial charge in [0, 0.05) is 11.8 Å². The van der Waals surface area contributed by atoms with E-state index in [0.29, 0.717) is 12.3 Å². The van der Waals surface area contributed by atoms with Crippen molar-refractivity contribution in [2.24, 2.45) is 0 Å². The Kier molecular flexibility index (Phi) is 4.47. The number of benzene rings is 1. The molecule has 0 radical (unpaired) electrons. The van der Waals surface area contributed by atoms with Gasteiger partial charge in [0.15, 0.2) is 0 Å². The molecule has 4 heteroatoms. The van der Waals surface area contributed by atoms with Gasteiger partial charge in [0.05, 0.1) is 18.3 Å². The number of pyridine rings is 1. The summed E-state index contributed by atoms with van der Waals surface area (Å²) in [4.78, 5) is 4.13. The highest BCUT2D eigenvalue weighted by Gasteiger charge is 2.20. The Labute approximate surface area is 112 Å². The fourth-order valence-corrected chi connectivity index (χ4v) is 2.06. The lowest BCUT2D eigenvalue weighted by Crippen LogP contribution is -2.21. The summed E-state index contributed by atoms with van der Waals surface area (Å²) in [6, 6.07) is 10.3. The molecule has 1 aromatic carbocycles. The molecule has 1 aromatic heterocycles. The lowest BCUT2D eigenvalue weighted by molar-refractivity contribution is 0.333. The van der Waals surface area contributed by atoms with Crippen LogP contribution >= 0.6 is 0 Å². The molecular formula is C15H17FN2O. The zero-order chi connectivity index (χ0) is 13.7. The van der Waals surface area contributed by atoms with Crippen LogP contribution in [0.2, 0.25) is 0 Å². The highest BCUT2D eigenvalue weighted by molar-refractivity contribution is 5.40. The number of hydrogen-bond donors (Lipinski definition) is 1. The quantitative estimate of drug-likeness (QED) is 0.897. The van der Waals surface area contributed by atoms with Crippen LogP contribution in [0.15, 0.2) is 42.6 Å². The third-order valence-corrected chi connectivity index (χ3v) is 2.88. The van der Waals surface area contributed by atoms with E-state index >= 15 is 0 Å². The van der Waals surface area contributed by atoms with Crippen molar-refractivity contribution in [2.45, 2.75) is 13.0 Å². The van der Waals surface area contributed by atoms with Gasteiger partial charge >= 0.3 is 0 Å². The summed E-state index contributed by atoms with van der Waals surface area (Å²) in [6.45, 7) is 2.49. The Hall–Kier alpha value is -1.94. The van der Waals surface area contributed by atoms with Gasteiger partial charge in [-0.3, -0.25) is 4.98 Å². The third kappa shape index (κ3) is 2.90. The van der Waals surface area contributed by atoms with E-state index in [-0.39, 0.29) is 11.9 Å². The minimum absolute atomic E-state index is 0.326. The van der Waals surface area contributed by atoms with Gasteiger partial charge < -0.3 is 10.1 Å². The van der Waals surface area contributed by atoms with Crippen LogP contribution in [0, 0.1) is 5.82 Å². The van der Waals surface area contributed by atoms with Crippen LogP contribution in [0.4, 0.5) is 4.39 Å². The standard InChI is InChI=1S/C15H17FN2O/c1-3-19-13-9-5-4-7-11(13)14(17-2)15-12(16)8-6-10-18-15/h4-10,14,17H,3H2,1-2H3. The summed E-state index contributed by atoms with van der Waals surface area (Å²) in [5.41, 5.74) is 1.25. The molecule has 0 bridgehead atoms. The van der Waals surface area contributed by atoms with E-state index in [1.807, 2.05) is 31.2 Å². The van der Waals surface area contributed by atoms with Gasteiger partial charge in [-0.05, 0) is 32.2 Å². The molecule has 100 valence electrons. The Morgan fingerprint density at radius 1 is 1.26 bits per heavy atom.